The number of rotatable bonds is 3. The molecule has 0 atom stereocenters. The Kier molecular flexibility index (Phi) is 5.10. The van der Waals surface area contributed by atoms with Gasteiger partial charge in [0, 0.05) is 26.1 Å². The van der Waals surface area contributed by atoms with Crippen molar-refractivity contribution in [2.45, 2.75) is 0 Å². The molecule has 5 aromatic carbocycles. The molecule has 170 valence electrons. The van der Waals surface area contributed by atoms with Crippen LogP contribution in [0, 0.1) is 3.57 Å². The summed E-state index contributed by atoms with van der Waals surface area (Å²) in [6.45, 7) is 0. The quantitative estimate of drug-likeness (QED) is 0.197. The van der Waals surface area contributed by atoms with E-state index in [1.165, 1.54) is 36.6 Å². The number of para-hydroxylation sites is 1. The molecule has 0 unspecified atom stereocenters. The van der Waals surface area contributed by atoms with Crippen LogP contribution in [0.1, 0.15) is 0 Å². The minimum Gasteiger partial charge on any atom is -0.437 e. The fourth-order valence-corrected chi connectivity index (χ4v) is 5.31. The van der Waals surface area contributed by atoms with Crippen molar-refractivity contribution in [1.29, 1.82) is 0 Å². The number of halogens is 1. The van der Waals surface area contributed by atoms with Crippen LogP contribution in [0.25, 0.3) is 66.2 Å². The minimum absolute atomic E-state index is 0.678. The zero-order valence-electron chi connectivity index (χ0n) is 19.3. The molecule has 0 amide bonds. The third kappa shape index (κ3) is 3.67. The maximum Gasteiger partial charge on any atom is 0.227 e. The summed E-state index contributed by atoms with van der Waals surface area (Å²) in [5.74, 6) is 0. The summed E-state index contributed by atoms with van der Waals surface area (Å²) < 4.78 is 7.39. The highest BCUT2D eigenvalue weighted by Crippen LogP contribution is 2.36. The first-order valence-corrected chi connectivity index (χ1v) is 13.0. The molecule has 0 fully saturated rings. The summed E-state index contributed by atoms with van der Waals surface area (Å²) in [7, 11) is 0. The fraction of sp³-hybridized carbons (Fsp3) is 0. The van der Waals surface area contributed by atoms with Crippen molar-refractivity contribution >= 4 is 55.4 Å². The van der Waals surface area contributed by atoms with Gasteiger partial charge < -0.3 is 4.42 Å². The normalized spacial score (nSPS) is 11.5. The van der Waals surface area contributed by atoms with Crippen molar-refractivity contribution in [1.82, 2.24) is 4.98 Å². The Bertz CT molecular complexity index is 1880. The highest BCUT2D eigenvalue weighted by Gasteiger charge is 2.12. The Morgan fingerprint density at radius 1 is 0.528 bits per heavy atom. The van der Waals surface area contributed by atoms with Crippen molar-refractivity contribution in [3.05, 3.63) is 125 Å². The molecule has 3 heteroatoms. The molecule has 2 aromatic heterocycles. The molecule has 0 aliphatic carbocycles. The molecule has 0 aliphatic rings. The van der Waals surface area contributed by atoms with Crippen LogP contribution in [0.2, 0.25) is 0 Å². The molecule has 2 heterocycles. The van der Waals surface area contributed by atoms with Crippen molar-refractivity contribution in [2.24, 2.45) is 0 Å². The van der Waals surface area contributed by atoms with Crippen molar-refractivity contribution < 1.29 is 4.42 Å². The third-order valence-corrected chi connectivity index (χ3v) is 7.54. The van der Waals surface area contributed by atoms with E-state index in [-0.39, 0.29) is 0 Å². The molecule has 0 aliphatic heterocycles. The van der Waals surface area contributed by atoms with Crippen LogP contribution in [0.3, 0.4) is 0 Å². The van der Waals surface area contributed by atoms with E-state index in [9.17, 15) is 0 Å². The highest BCUT2D eigenvalue weighted by molar-refractivity contribution is 14.1. The Morgan fingerprint density at radius 2 is 1.14 bits per heavy atom. The first-order chi connectivity index (χ1) is 17.7. The number of fused-ring (bicyclic) bond motifs is 4. The molecule has 2 nitrogen and oxygen atoms in total. The van der Waals surface area contributed by atoms with Gasteiger partial charge in [-0.15, -0.1) is 0 Å². The predicted molar refractivity (Wildman–Crippen MR) is 158 cm³/mol. The number of hydrogen-bond acceptors (Lipinski definition) is 2. The topological polar surface area (TPSA) is 26.0 Å². The highest BCUT2D eigenvalue weighted by atomic mass is 127. The van der Waals surface area contributed by atoms with E-state index in [1.807, 2.05) is 6.07 Å². The van der Waals surface area contributed by atoms with Gasteiger partial charge >= 0.3 is 0 Å². The second-order valence-corrected chi connectivity index (χ2v) is 10.2. The lowest BCUT2D eigenvalue weighted by atomic mass is 9.96. The van der Waals surface area contributed by atoms with E-state index in [0.29, 0.717) is 5.71 Å². The lowest BCUT2D eigenvalue weighted by Crippen LogP contribution is -1.83. The maximum absolute atomic E-state index is 6.14. The number of benzene rings is 5. The molecule has 36 heavy (non-hydrogen) atoms. The monoisotopic (exact) mass is 573 g/mol. The lowest BCUT2D eigenvalue weighted by molar-refractivity contribution is 0.655. The molecular formula is C33H20INO. The number of furan rings is 1. The Balaban J connectivity index is 1.26. The van der Waals surface area contributed by atoms with Crippen LogP contribution in [0.15, 0.2) is 126 Å². The fourth-order valence-electron chi connectivity index (χ4n) is 4.95. The summed E-state index contributed by atoms with van der Waals surface area (Å²) in [6.07, 6.45) is 1.77. The van der Waals surface area contributed by atoms with Gasteiger partial charge in [0.15, 0.2) is 0 Å². The first kappa shape index (κ1) is 21.3. The average molecular weight is 573 g/mol. The van der Waals surface area contributed by atoms with E-state index in [4.69, 9.17) is 4.42 Å². The molecule has 0 saturated carbocycles. The molecule has 7 rings (SSSR count). The third-order valence-electron chi connectivity index (χ3n) is 6.82. The van der Waals surface area contributed by atoms with Gasteiger partial charge in [0.1, 0.15) is 5.58 Å². The summed E-state index contributed by atoms with van der Waals surface area (Å²) in [4.78, 5) is 4.39. The molecule has 0 spiro atoms. The smallest absolute Gasteiger partial charge is 0.227 e. The Hall–Kier alpha value is -3.96. The van der Waals surface area contributed by atoms with E-state index < -0.39 is 0 Å². The zero-order chi connectivity index (χ0) is 24.1. The largest absolute Gasteiger partial charge is 0.437 e. The lowest BCUT2D eigenvalue weighted by Gasteiger charge is -2.09. The van der Waals surface area contributed by atoms with Gasteiger partial charge in [0.2, 0.25) is 5.71 Å². The summed E-state index contributed by atoms with van der Waals surface area (Å²) >= 11 is 2.35. The standard InChI is InChI=1S/C33H20INO/c34-28-16-14-22(15-17-28)26-13-9-23-8-12-25(19-27(23)20-26)21-6-10-24(11-7-21)29-3-1-4-30-31-5-2-18-35-33(31)36-32(29)30/h1-20H. The molecular weight excluding hydrogens is 553 g/mol. The number of nitrogens with zero attached hydrogens (tertiary/aromatic N) is 1. The van der Waals surface area contributed by atoms with Gasteiger partial charge in [-0.2, -0.15) is 0 Å². The molecule has 0 N–H and O–H groups in total. The summed E-state index contributed by atoms with van der Waals surface area (Å²) in [5.41, 5.74) is 8.65. The van der Waals surface area contributed by atoms with Crippen LogP contribution in [-0.2, 0) is 0 Å². The van der Waals surface area contributed by atoms with Gasteiger partial charge in [-0.25, -0.2) is 4.98 Å². The van der Waals surface area contributed by atoms with Crippen LogP contribution in [0.5, 0.6) is 0 Å². The average Bonchev–Trinajstić information content (AvgIpc) is 3.32. The molecule has 0 radical (unpaired) electrons. The van der Waals surface area contributed by atoms with E-state index in [1.54, 1.807) is 6.20 Å². The van der Waals surface area contributed by atoms with Gasteiger partial charge in [-0.3, -0.25) is 0 Å². The van der Waals surface area contributed by atoms with Crippen LogP contribution < -0.4 is 0 Å². The second kappa shape index (κ2) is 8.61. The van der Waals surface area contributed by atoms with Crippen LogP contribution in [-0.4, -0.2) is 4.98 Å². The summed E-state index contributed by atoms with van der Waals surface area (Å²) in [5, 5.41) is 4.63. The van der Waals surface area contributed by atoms with Crippen molar-refractivity contribution in [3.63, 3.8) is 0 Å². The number of aromatic nitrogens is 1. The SMILES string of the molecule is Ic1ccc(-c2ccc3ccc(-c4ccc(-c5cccc6c5oc5ncccc56)cc4)cc3c2)cc1. The molecule has 0 bridgehead atoms. The van der Waals surface area contributed by atoms with E-state index >= 15 is 0 Å². The zero-order valence-corrected chi connectivity index (χ0v) is 21.4. The minimum atomic E-state index is 0.678. The van der Waals surface area contributed by atoms with E-state index in [2.05, 4.69) is 137 Å². The van der Waals surface area contributed by atoms with Gasteiger partial charge in [-0.05, 0) is 97.6 Å². The van der Waals surface area contributed by atoms with Crippen LogP contribution in [0.4, 0.5) is 0 Å². The second-order valence-electron chi connectivity index (χ2n) is 9.00. The Labute approximate surface area is 222 Å². The van der Waals surface area contributed by atoms with Gasteiger partial charge in [0.25, 0.3) is 0 Å². The molecule has 0 saturated heterocycles. The van der Waals surface area contributed by atoms with Crippen molar-refractivity contribution in [2.75, 3.05) is 0 Å². The first-order valence-electron chi connectivity index (χ1n) is 11.9. The van der Waals surface area contributed by atoms with Gasteiger partial charge in [-0.1, -0.05) is 78.9 Å². The number of hydrogen-bond donors (Lipinski definition) is 0. The molecule has 7 aromatic rings. The maximum atomic E-state index is 6.14. The van der Waals surface area contributed by atoms with Crippen LogP contribution >= 0.6 is 22.6 Å². The Morgan fingerprint density at radius 3 is 1.86 bits per heavy atom. The predicted octanol–water partition coefficient (Wildman–Crippen LogP) is 9.74. The van der Waals surface area contributed by atoms with Crippen molar-refractivity contribution in [3.8, 4) is 33.4 Å². The van der Waals surface area contributed by atoms with Gasteiger partial charge in [0.05, 0.1) is 0 Å². The number of pyridine rings is 1. The summed E-state index contributed by atoms with van der Waals surface area (Å²) in [6, 6.07) is 41.1. The van der Waals surface area contributed by atoms with E-state index in [0.717, 1.165) is 27.5 Å².